The molecule has 2 nitrogen and oxygen atoms in total. The molecule has 0 N–H and O–H groups in total. The maximum Gasteiger partial charge on any atom is 0.123 e. The summed E-state index contributed by atoms with van der Waals surface area (Å²) in [6, 6.07) is 8.17. The third kappa shape index (κ3) is 3.51. The molecule has 2 aromatic rings. The van der Waals surface area contributed by atoms with Gasteiger partial charge in [-0.1, -0.05) is 13.8 Å². The van der Waals surface area contributed by atoms with Gasteiger partial charge in [0.05, 0.1) is 12.3 Å². The number of hydrogen-bond donors (Lipinski definition) is 1. The molecule has 0 bridgehead atoms. The highest BCUT2D eigenvalue weighted by molar-refractivity contribution is 7.79. The van der Waals surface area contributed by atoms with E-state index in [4.69, 9.17) is 9.72 Å². The van der Waals surface area contributed by atoms with Crippen molar-refractivity contribution in [2.45, 2.75) is 32.4 Å². The largest absolute Gasteiger partial charge is 0.494 e. The van der Waals surface area contributed by atoms with Gasteiger partial charge in [-0.2, -0.15) is 12.6 Å². The molecule has 0 atom stereocenters. The molecule has 0 radical (unpaired) electrons. The van der Waals surface area contributed by atoms with E-state index in [-0.39, 0.29) is 0 Å². The Bertz CT molecular complexity index is 498. The number of ether oxygens (including phenoxy) is 1. The van der Waals surface area contributed by atoms with Crippen LogP contribution in [-0.4, -0.2) is 11.6 Å². The number of benzene rings is 1. The van der Waals surface area contributed by atoms with Crippen molar-refractivity contribution in [3.8, 4) is 16.3 Å². The second kappa shape index (κ2) is 6.96. The van der Waals surface area contributed by atoms with Gasteiger partial charge in [0.1, 0.15) is 10.8 Å². The number of thiazole rings is 1. The van der Waals surface area contributed by atoms with Gasteiger partial charge in [0.15, 0.2) is 0 Å². The van der Waals surface area contributed by atoms with Crippen LogP contribution in [0.1, 0.15) is 30.8 Å². The summed E-state index contributed by atoms with van der Waals surface area (Å²) in [7, 11) is 0. The maximum absolute atomic E-state index is 5.59. The molecule has 1 heterocycles. The summed E-state index contributed by atoms with van der Waals surface area (Å²) in [5, 5.41) is 1.07. The van der Waals surface area contributed by atoms with E-state index < -0.39 is 0 Å². The highest BCUT2D eigenvalue weighted by atomic mass is 32.1. The molecule has 102 valence electrons. The SMILES string of the molecule is CCCOc1ccc(-c2nc(CC)c(CS)s2)cc1. The Balaban J connectivity index is 2.19. The van der Waals surface area contributed by atoms with Crippen LogP contribution < -0.4 is 4.74 Å². The van der Waals surface area contributed by atoms with E-state index in [1.807, 2.05) is 12.1 Å². The predicted octanol–water partition coefficient (Wildman–Crippen LogP) is 4.59. The van der Waals surface area contributed by atoms with Crippen LogP contribution in [0.15, 0.2) is 24.3 Å². The lowest BCUT2D eigenvalue weighted by Gasteiger charge is -2.04. The number of thiol groups is 1. The molecular weight excluding hydrogens is 274 g/mol. The lowest BCUT2D eigenvalue weighted by molar-refractivity contribution is 0.317. The number of hydrogen-bond acceptors (Lipinski definition) is 4. The first-order valence-corrected chi connectivity index (χ1v) is 8.06. The van der Waals surface area contributed by atoms with Crippen LogP contribution >= 0.6 is 24.0 Å². The van der Waals surface area contributed by atoms with Crippen LogP contribution in [-0.2, 0) is 12.2 Å². The van der Waals surface area contributed by atoms with Gasteiger partial charge in [-0.25, -0.2) is 4.98 Å². The molecule has 0 saturated carbocycles. The minimum atomic E-state index is 0.762. The van der Waals surface area contributed by atoms with Gasteiger partial charge >= 0.3 is 0 Å². The molecule has 1 aromatic carbocycles. The monoisotopic (exact) mass is 293 g/mol. The first kappa shape index (κ1) is 14.4. The third-order valence-corrected chi connectivity index (χ3v) is 4.51. The van der Waals surface area contributed by atoms with Crippen molar-refractivity contribution in [2.24, 2.45) is 0 Å². The standard InChI is InChI=1S/C15H19NOS2/c1-3-9-17-12-7-5-11(6-8-12)15-16-13(4-2)14(10-18)19-15/h5-8,18H,3-4,9-10H2,1-2H3. The minimum Gasteiger partial charge on any atom is -0.494 e. The number of rotatable bonds is 6. The quantitative estimate of drug-likeness (QED) is 0.787. The summed E-state index contributed by atoms with van der Waals surface area (Å²) in [4.78, 5) is 5.96. The summed E-state index contributed by atoms with van der Waals surface area (Å²) in [6.45, 7) is 5.00. The van der Waals surface area contributed by atoms with Crippen molar-refractivity contribution in [3.05, 3.63) is 34.8 Å². The second-order valence-electron chi connectivity index (χ2n) is 4.27. The van der Waals surface area contributed by atoms with Crippen molar-refractivity contribution in [2.75, 3.05) is 6.61 Å². The van der Waals surface area contributed by atoms with Gasteiger partial charge in [0.25, 0.3) is 0 Å². The van der Waals surface area contributed by atoms with E-state index in [1.54, 1.807) is 11.3 Å². The fourth-order valence-electron chi connectivity index (χ4n) is 1.82. The molecule has 0 aliphatic carbocycles. The lowest BCUT2D eigenvalue weighted by atomic mass is 10.2. The molecule has 2 rings (SSSR count). The first-order chi connectivity index (χ1) is 9.28. The van der Waals surface area contributed by atoms with E-state index in [9.17, 15) is 0 Å². The minimum absolute atomic E-state index is 0.762. The average molecular weight is 293 g/mol. The van der Waals surface area contributed by atoms with Crippen molar-refractivity contribution < 1.29 is 4.74 Å². The highest BCUT2D eigenvalue weighted by Gasteiger charge is 2.10. The van der Waals surface area contributed by atoms with Crippen LogP contribution in [0.3, 0.4) is 0 Å². The molecule has 0 aliphatic rings. The van der Waals surface area contributed by atoms with Crippen LogP contribution in [0.2, 0.25) is 0 Å². The summed E-state index contributed by atoms with van der Waals surface area (Å²) in [6.07, 6.45) is 1.99. The van der Waals surface area contributed by atoms with E-state index in [0.29, 0.717) is 0 Å². The van der Waals surface area contributed by atoms with Gasteiger partial charge in [-0.05, 0) is 37.1 Å². The van der Waals surface area contributed by atoms with Crippen LogP contribution in [0.5, 0.6) is 5.75 Å². The molecule has 0 spiro atoms. The fraction of sp³-hybridized carbons (Fsp3) is 0.400. The summed E-state index contributed by atoms with van der Waals surface area (Å²) < 4.78 is 5.59. The molecule has 4 heteroatoms. The van der Waals surface area contributed by atoms with Crippen molar-refractivity contribution in [1.82, 2.24) is 4.98 Å². The predicted molar refractivity (Wildman–Crippen MR) is 85.4 cm³/mol. The number of nitrogens with zero attached hydrogens (tertiary/aromatic N) is 1. The number of aromatic nitrogens is 1. The zero-order valence-corrected chi connectivity index (χ0v) is 13.1. The summed E-state index contributed by atoms with van der Waals surface area (Å²) >= 11 is 6.10. The molecule has 0 saturated heterocycles. The van der Waals surface area contributed by atoms with Gasteiger partial charge in [0.2, 0.25) is 0 Å². The van der Waals surface area contributed by atoms with Crippen LogP contribution in [0.4, 0.5) is 0 Å². The molecule has 0 fully saturated rings. The average Bonchev–Trinajstić information content (AvgIpc) is 2.89. The molecule has 0 aliphatic heterocycles. The zero-order valence-electron chi connectivity index (χ0n) is 11.3. The smallest absolute Gasteiger partial charge is 0.123 e. The lowest BCUT2D eigenvalue weighted by Crippen LogP contribution is -1.94. The normalized spacial score (nSPS) is 10.7. The summed E-state index contributed by atoms with van der Waals surface area (Å²) in [5.74, 6) is 1.69. The maximum atomic E-state index is 5.59. The second-order valence-corrected chi connectivity index (χ2v) is 5.67. The topological polar surface area (TPSA) is 22.1 Å². The van der Waals surface area contributed by atoms with Crippen LogP contribution in [0, 0.1) is 0 Å². The Labute approximate surface area is 124 Å². The van der Waals surface area contributed by atoms with E-state index in [2.05, 4.69) is 38.6 Å². The Morgan fingerprint density at radius 3 is 2.47 bits per heavy atom. The highest BCUT2D eigenvalue weighted by Crippen LogP contribution is 2.30. The van der Waals surface area contributed by atoms with Gasteiger partial charge < -0.3 is 4.74 Å². The Morgan fingerprint density at radius 1 is 1.21 bits per heavy atom. The fourth-order valence-corrected chi connectivity index (χ4v) is 3.21. The third-order valence-electron chi connectivity index (χ3n) is 2.83. The van der Waals surface area contributed by atoms with E-state index in [0.717, 1.165) is 41.5 Å². The first-order valence-electron chi connectivity index (χ1n) is 6.61. The van der Waals surface area contributed by atoms with E-state index >= 15 is 0 Å². The molecule has 0 amide bonds. The number of aryl methyl sites for hydroxylation is 1. The van der Waals surface area contributed by atoms with Crippen LogP contribution in [0.25, 0.3) is 10.6 Å². The van der Waals surface area contributed by atoms with Crippen molar-refractivity contribution >= 4 is 24.0 Å². The van der Waals surface area contributed by atoms with Gasteiger partial charge in [0, 0.05) is 16.2 Å². The molecule has 0 unspecified atom stereocenters. The van der Waals surface area contributed by atoms with Gasteiger partial charge in [-0.3, -0.25) is 0 Å². The molecule has 19 heavy (non-hydrogen) atoms. The van der Waals surface area contributed by atoms with Crippen molar-refractivity contribution in [1.29, 1.82) is 0 Å². The van der Waals surface area contributed by atoms with Gasteiger partial charge in [-0.15, -0.1) is 11.3 Å². The zero-order chi connectivity index (χ0) is 13.7. The Kier molecular flexibility index (Phi) is 5.28. The van der Waals surface area contributed by atoms with Crippen molar-refractivity contribution in [3.63, 3.8) is 0 Å². The Morgan fingerprint density at radius 2 is 1.95 bits per heavy atom. The summed E-state index contributed by atoms with van der Waals surface area (Å²) in [5.41, 5.74) is 2.32. The molecular formula is C15H19NOS2. The van der Waals surface area contributed by atoms with E-state index in [1.165, 1.54) is 10.6 Å². The molecule has 1 aromatic heterocycles. The Hall–Kier alpha value is -1.00.